The molecule has 2 aromatic heterocycles. The Balaban J connectivity index is 2.22. The minimum absolute atomic E-state index is 0.247. The van der Waals surface area contributed by atoms with Crippen molar-refractivity contribution in [1.82, 2.24) is 14.6 Å². The maximum absolute atomic E-state index is 12.9. The molecule has 0 amide bonds. The monoisotopic (exact) mass is 248 g/mol. The van der Waals surface area contributed by atoms with E-state index in [0.717, 1.165) is 16.2 Å². The fourth-order valence-electron chi connectivity index (χ4n) is 1.73. The summed E-state index contributed by atoms with van der Waals surface area (Å²) in [6.45, 7) is 0.325. The topological polar surface area (TPSA) is 56.2 Å². The molecule has 0 unspecified atom stereocenters. The van der Waals surface area contributed by atoms with Crippen molar-refractivity contribution in [2.24, 2.45) is 5.73 Å². The van der Waals surface area contributed by atoms with Crippen molar-refractivity contribution >= 4 is 16.3 Å². The molecule has 2 heterocycles. The third kappa shape index (κ3) is 1.62. The second-order valence-electron chi connectivity index (χ2n) is 3.57. The molecule has 0 spiro atoms. The first-order valence-corrected chi connectivity index (χ1v) is 5.95. The molecule has 0 radical (unpaired) electrons. The van der Waals surface area contributed by atoms with Crippen molar-refractivity contribution in [3.63, 3.8) is 0 Å². The van der Waals surface area contributed by atoms with Gasteiger partial charge in [0.05, 0.1) is 12.2 Å². The minimum Gasteiger partial charge on any atom is -0.324 e. The summed E-state index contributed by atoms with van der Waals surface area (Å²) in [5, 5.41) is 10.0. The van der Waals surface area contributed by atoms with Crippen LogP contribution in [0.15, 0.2) is 29.6 Å². The van der Waals surface area contributed by atoms with Crippen LogP contribution in [0.1, 0.15) is 5.82 Å². The van der Waals surface area contributed by atoms with Crippen LogP contribution >= 0.6 is 11.3 Å². The molecule has 6 heteroatoms. The van der Waals surface area contributed by atoms with Crippen molar-refractivity contribution < 1.29 is 4.39 Å². The normalized spacial score (nSPS) is 11.2. The number of rotatable bonds is 2. The summed E-state index contributed by atoms with van der Waals surface area (Å²) in [5.74, 6) is 0.462. The lowest BCUT2D eigenvalue weighted by molar-refractivity contribution is 0.628. The lowest BCUT2D eigenvalue weighted by Crippen LogP contribution is -2.02. The molecule has 3 aromatic rings. The zero-order valence-electron chi connectivity index (χ0n) is 8.80. The number of nitrogens with zero attached hydrogens (tertiary/aromatic N) is 3. The van der Waals surface area contributed by atoms with Gasteiger partial charge in [-0.15, -0.1) is 21.5 Å². The number of hydrogen-bond acceptors (Lipinski definition) is 4. The average Bonchev–Trinajstić information content (AvgIpc) is 2.91. The Hall–Kier alpha value is -1.79. The van der Waals surface area contributed by atoms with E-state index in [9.17, 15) is 4.39 Å². The summed E-state index contributed by atoms with van der Waals surface area (Å²) >= 11 is 1.49. The van der Waals surface area contributed by atoms with Crippen molar-refractivity contribution in [1.29, 1.82) is 0 Å². The molecule has 0 atom stereocenters. The molecule has 17 heavy (non-hydrogen) atoms. The van der Waals surface area contributed by atoms with Crippen LogP contribution in [0.5, 0.6) is 0 Å². The molecule has 0 fully saturated rings. The molecule has 2 N–H and O–H groups in total. The molecule has 1 aromatic carbocycles. The molecular formula is C11H9FN4S. The van der Waals surface area contributed by atoms with Crippen LogP contribution in [-0.4, -0.2) is 14.6 Å². The quantitative estimate of drug-likeness (QED) is 0.755. The summed E-state index contributed by atoms with van der Waals surface area (Å²) in [7, 11) is 0. The summed E-state index contributed by atoms with van der Waals surface area (Å²) in [4.78, 5) is 0.796. The first-order chi connectivity index (χ1) is 8.29. The zero-order valence-corrected chi connectivity index (χ0v) is 9.62. The number of fused-ring (bicyclic) bond motifs is 1. The molecule has 0 saturated carbocycles. The maximum Gasteiger partial charge on any atom is 0.216 e. The van der Waals surface area contributed by atoms with Crippen molar-refractivity contribution in [3.05, 3.63) is 41.3 Å². The van der Waals surface area contributed by atoms with Crippen LogP contribution in [0.2, 0.25) is 0 Å². The van der Waals surface area contributed by atoms with Crippen LogP contribution in [0.4, 0.5) is 4.39 Å². The molecule has 86 valence electrons. The number of hydrogen-bond donors (Lipinski definition) is 1. The van der Waals surface area contributed by atoms with Crippen molar-refractivity contribution in [2.75, 3.05) is 0 Å². The highest BCUT2D eigenvalue weighted by Crippen LogP contribution is 2.26. The van der Waals surface area contributed by atoms with Crippen LogP contribution in [0.25, 0.3) is 16.2 Å². The lowest BCUT2D eigenvalue weighted by Gasteiger charge is -2.01. The summed E-state index contributed by atoms with van der Waals surface area (Å²) in [5.41, 5.74) is 7.48. The SMILES string of the molecule is NCc1nnc2scc(-c3ccc(F)cc3)n12. The maximum atomic E-state index is 12.9. The smallest absolute Gasteiger partial charge is 0.216 e. The summed E-state index contributed by atoms with van der Waals surface area (Å²) in [6.07, 6.45) is 0. The second-order valence-corrected chi connectivity index (χ2v) is 4.40. The number of thiazole rings is 1. The third-order valence-electron chi connectivity index (χ3n) is 2.54. The fraction of sp³-hybridized carbons (Fsp3) is 0.0909. The molecule has 3 rings (SSSR count). The largest absolute Gasteiger partial charge is 0.324 e. The van der Waals surface area contributed by atoms with Crippen molar-refractivity contribution in [3.8, 4) is 11.3 Å². The van der Waals surface area contributed by atoms with Gasteiger partial charge < -0.3 is 5.73 Å². The van der Waals surface area contributed by atoms with Gasteiger partial charge in [0, 0.05) is 5.38 Å². The van der Waals surface area contributed by atoms with Crippen LogP contribution in [0.3, 0.4) is 0 Å². The third-order valence-corrected chi connectivity index (χ3v) is 3.36. The van der Waals surface area contributed by atoms with E-state index >= 15 is 0 Å². The molecule has 0 saturated heterocycles. The molecule has 0 bridgehead atoms. The Kier molecular flexibility index (Phi) is 2.38. The number of nitrogens with two attached hydrogens (primary N) is 1. The first-order valence-electron chi connectivity index (χ1n) is 5.07. The van der Waals surface area contributed by atoms with Gasteiger partial charge in [-0.05, 0) is 29.8 Å². The number of halogens is 1. The van der Waals surface area contributed by atoms with Gasteiger partial charge in [-0.2, -0.15) is 0 Å². The van der Waals surface area contributed by atoms with Crippen LogP contribution < -0.4 is 5.73 Å². The average molecular weight is 248 g/mol. The minimum atomic E-state index is -0.247. The summed E-state index contributed by atoms with van der Waals surface area (Å²) in [6, 6.07) is 6.34. The van der Waals surface area contributed by atoms with Crippen LogP contribution in [0, 0.1) is 5.82 Å². The van der Waals surface area contributed by atoms with Gasteiger partial charge in [0.2, 0.25) is 4.96 Å². The van der Waals surface area contributed by atoms with E-state index in [1.807, 2.05) is 9.78 Å². The van der Waals surface area contributed by atoms with Crippen molar-refractivity contribution in [2.45, 2.75) is 6.54 Å². The number of benzene rings is 1. The standard InChI is InChI=1S/C11H9FN4S/c12-8-3-1-7(2-4-8)9-6-17-11-15-14-10(5-13)16(9)11/h1-4,6H,5,13H2. The molecule has 0 aliphatic heterocycles. The van der Waals surface area contributed by atoms with Gasteiger partial charge in [0.15, 0.2) is 5.82 Å². The van der Waals surface area contributed by atoms with Crippen LogP contribution in [-0.2, 0) is 6.54 Å². The second kappa shape index (κ2) is 3.90. The van der Waals surface area contributed by atoms with E-state index in [0.29, 0.717) is 12.4 Å². The Morgan fingerprint density at radius 2 is 2.00 bits per heavy atom. The van der Waals surface area contributed by atoms with E-state index in [1.54, 1.807) is 12.1 Å². The van der Waals surface area contributed by atoms with E-state index < -0.39 is 0 Å². The van der Waals surface area contributed by atoms with E-state index in [2.05, 4.69) is 10.2 Å². The van der Waals surface area contributed by atoms with Gasteiger partial charge in [-0.3, -0.25) is 4.40 Å². The zero-order chi connectivity index (χ0) is 11.8. The first kappa shape index (κ1) is 10.4. The predicted molar refractivity (Wildman–Crippen MR) is 64.1 cm³/mol. The van der Waals surface area contributed by atoms with Gasteiger partial charge >= 0.3 is 0 Å². The van der Waals surface area contributed by atoms with Gasteiger partial charge in [0.1, 0.15) is 5.82 Å². The predicted octanol–water partition coefficient (Wildman–Crippen LogP) is 2.06. The Morgan fingerprint density at radius 3 is 2.71 bits per heavy atom. The molecule has 4 nitrogen and oxygen atoms in total. The Labute approximate surface area is 101 Å². The van der Waals surface area contributed by atoms with E-state index in [4.69, 9.17) is 5.73 Å². The molecule has 0 aliphatic carbocycles. The van der Waals surface area contributed by atoms with E-state index in [1.165, 1.54) is 23.5 Å². The molecule has 0 aliphatic rings. The highest BCUT2D eigenvalue weighted by molar-refractivity contribution is 7.15. The van der Waals surface area contributed by atoms with Gasteiger partial charge in [-0.25, -0.2) is 4.39 Å². The Bertz CT molecular complexity index is 656. The van der Waals surface area contributed by atoms with E-state index in [-0.39, 0.29) is 5.82 Å². The van der Waals surface area contributed by atoms with Gasteiger partial charge in [-0.1, -0.05) is 0 Å². The van der Waals surface area contributed by atoms with Gasteiger partial charge in [0.25, 0.3) is 0 Å². The number of aromatic nitrogens is 3. The highest BCUT2D eigenvalue weighted by atomic mass is 32.1. The lowest BCUT2D eigenvalue weighted by atomic mass is 10.2. The summed E-state index contributed by atoms with van der Waals surface area (Å²) < 4.78 is 14.8. The molecular weight excluding hydrogens is 239 g/mol. The fourth-order valence-corrected chi connectivity index (χ4v) is 2.59. The highest BCUT2D eigenvalue weighted by Gasteiger charge is 2.11. The Morgan fingerprint density at radius 1 is 1.24 bits per heavy atom.